The predicted molar refractivity (Wildman–Crippen MR) is 118 cm³/mol. The molecule has 1 fully saturated rings. The first-order chi connectivity index (χ1) is 14.8. The zero-order valence-corrected chi connectivity index (χ0v) is 18.3. The Bertz CT molecular complexity index is 884. The van der Waals surface area contributed by atoms with Crippen molar-refractivity contribution in [3.05, 3.63) is 65.5 Å². The number of hydrogen-bond donors (Lipinski definition) is 1. The van der Waals surface area contributed by atoms with E-state index in [0.717, 1.165) is 16.8 Å². The first-order valence-electron chi connectivity index (χ1n) is 10.5. The first-order valence-corrected chi connectivity index (χ1v) is 10.5. The van der Waals surface area contributed by atoms with Gasteiger partial charge in [0.15, 0.2) is 0 Å². The van der Waals surface area contributed by atoms with Crippen molar-refractivity contribution in [2.24, 2.45) is 0 Å². The quantitative estimate of drug-likeness (QED) is 0.736. The highest BCUT2D eigenvalue weighted by atomic mass is 19.1. The van der Waals surface area contributed by atoms with Crippen LogP contribution in [0.15, 0.2) is 48.5 Å². The maximum Gasteiger partial charge on any atom is 0.237 e. The van der Waals surface area contributed by atoms with Crippen molar-refractivity contribution in [1.82, 2.24) is 9.80 Å². The second-order valence-electron chi connectivity index (χ2n) is 8.25. The summed E-state index contributed by atoms with van der Waals surface area (Å²) in [5, 5.41) is 2.76. The Hall–Kier alpha value is -2.77. The van der Waals surface area contributed by atoms with E-state index in [1.807, 2.05) is 43.0 Å². The highest BCUT2D eigenvalue weighted by molar-refractivity contribution is 5.88. The molecule has 1 atom stereocenters. The van der Waals surface area contributed by atoms with Crippen LogP contribution in [-0.2, 0) is 27.5 Å². The zero-order valence-electron chi connectivity index (χ0n) is 18.3. The Morgan fingerprint density at radius 3 is 2.35 bits per heavy atom. The monoisotopic (exact) mass is 427 g/mol. The molecule has 166 valence electrons. The van der Waals surface area contributed by atoms with Gasteiger partial charge in [0.1, 0.15) is 5.82 Å². The van der Waals surface area contributed by atoms with Gasteiger partial charge in [-0.2, -0.15) is 0 Å². The molecule has 3 rings (SSSR count). The topological polar surface area (TPSA) is 61.9 Å². The van der Waals surface area contributed by atoms with Gasteiger partial charge in [0, 0.05) is 38.3 Å². The zero-order chi connectivity index (χ0) is 22.4. The van der Waals surface area contributed by atoms with Gasteiger partial charge in [-0.05, 0) is 49.2 Å². The van der Waals surface area contributed by atoms with E-state index in [-0.39, 0.29) is 29.8 Å². The summed E-state index contributed by atoms with van der Waals surface area (Å²) < 4.78 is 19.3. The van der Waals surface area contributed by atoms with Crippen LogP contribution in [0.25, 0.3) is 0 Å². The van der Waals surface area contributed by atoms with Crippen LogP contribution in [0.1, 0.15) is 31.9 Å². The number of halogens is 1. The Morgan fingerprint density at radius 1 is 1.10 bits per heavy atom. The Morgan fingerprint density at radius 2 is 1.74 bits per heavy atom. The summed E-state index contributed by atoms with van der Waals surface area (Å²) in [5.41, 5.74) is 2.69. The van der Waals surface area contributed by atoms with Crippen LogP contribution in [-0.4, -0.2) is 53.4 Å². The largest absolute Gasteiger partial charge is 0.370 e. The van der Waals surface area contributed by atoms with E-state index in [1.54, 1.807) is 12.1 Å². The van der Waals surface area contributed by atoms with E-state index in [2.05, 4.69) is 10.2 Å². The summed E-state index contributed by atoms with van der Waals surface area (Å²) >= 11 is 0. The Kier molecular flexibility index (Phi) is 7.76. The van der Waals surface area contributed by atoms with Crippen molar-refractivity contribution in [1.29, 1.82) is 0 Å². The summed E-state index contributed by atoms with van der Waals surface area (Å²) in [6.07, 6.45) is -0.155. The average molecular weight is 428 g/mol. The van der Waals surface area contributed by atoms with Gasteiger partial charge in [-0.25, -0.2) is 4.39 Å². The lowest BCUT2D eigenvalue weighted by Gasteiger charge is -2.27. The maximum atomic E-state index is 13.2. The summed E-state index contributed by atoms with van der Waals surface area (Å²) in [6.45, 7) is 7.92. The van der Waals surface area contributed by atoms with Crippen molar-refractivity contribution in [3.63, 3.8) is 0 Å². The minimum Gasteiger partial charge on any atom is -0.370 e. The number of nitrogens with zero attached hydrogens (tertiary/aromatic N) is 2. The third-order valence-electron chi connectivity index (χ3n) is 5.24. The highest BCUT2D eigenvalue weighted by Gasteiger charge is 2.29. The summed E-state index contributed by atoms with van der Waals surface area (Å²) in [4.78, 5) is 28.0. The minimum absolute atomic E-state index is 0.0812. The number of rotatable bonds is 7. The number of amides is 2. The van der Waals surface area contributed by atoms with Crippen molar-refractivity contribution in [2.75, 3.05) is 25.0 Å². The van der Waals surface area contributed by atoms with Crippen LogP contribution in [0.3, 0.4) is 0 Å². The Balaban J connectivity index is 1.68. The van der Waals surface area contributed by atoms with Gasteiger partial charge < -0.3 is 15.0 Å². The normalized spacial score (nSPS) is 17.6. The molecule has 31 heavy (non-hydrogen) atoms. The second-order valence-corrected chi connectivity index (χ2v) is 8.25. The molecule has 0 bridgehead atoms. The molecule has 1 aliphatic heterocycles. The molecule has 7 heteroatoms. The van der Waals surface area contributed by atoms with E-state index >= 15 is 0 Å². The molecular weight excluding hydrogens is 397 g/mol. The van der Waals surface area contributed by atoms with E-state index in [9.17, 15) is 14.0 Å². The first kappa shape index (κ1) is 22.9. The number of hydrogen-bond acceptors (Lipinski definition) is 4. The number of ether oxygens (including phenoxy) is 1. The predicted octanol–water partition coefficient (Wildman–Crippen LogP) is 3.42. The Labute approximate surface area is 183 Å². The molecule has 0 saturated carbocycles. The molecule has 1 unspecified atom stereocenters. The van der Waals surface area contributed by atoms with Crippen LogP contribution >= 0.6 is 0 Å². The van der Waals surface area contributed by atoms with Crippen molar-refractivity contribution < 1.29 is 18.7 Å². The lowest BCUT2D eigenvalue weighted by molar-refractivity contribution is -0.133. The van der Waals surface area contributed by atoms with Crippen molar-refractivity contribution in [3.8, 4) is 0 Å². The van der Waals surface area contributed by atoms with E-state index in [0.29, 0.717) is 32.8 Å². The van der Waals surface area contributed by atoms with Crippen LogP contribution in [0, 0.1) is 5.82 Å². The van der Waals surface area contributed by atoms with Gasteiger partial charge in [0.05, 0.1) is 19.3 Å². The maximum absolute atomic E-state index is 13.2. The fourth-order valence-corrected chi connectivity index (χ4v) is 3.69. The molecule has 1 heterocycles. The lowest BCUT2D eigenvalue weighted by atomic mass is 10.2. The fraction of sp³-hybridized carbons (Fsp3) is 0.417. The highest BCUT2D eigenvalue weighted by Crippen LogP contribution is 2.17. The molecule has 1 aliphatic rings. The van der Waals surface area contributed by atoms with Crippen LogP contribution in [0.5, 0.6) is 0 Å². The molecule has 1 N–H and O–H groups in total. The molecule has 2 aromatic carbocycles. The van der Waals surface area contributed by atoms with Crippen molar-refractivity contribution in [2.45, 2.75) is 46.1 Å². The number of carbonyl (C=O) groups excluding carboxylic acids is 2. The minimum atomic E-state index is -0.273. The molecule has 0 aromatic heterocycles. The number of benzene rings is 2. The number of carbonyl (C=O) groups is 2. The number of anilines is 1. The summed E-state index contributed by atoms with van der Waals surface area (Å²) in [6, 6.07) is 14.0. The van der Waals surface area contributed by atoms with Crippen LogP contribution in [0.2, 0.25) is 0 Å². The molecule has 2 aromatic rings. The molecule has 0 aliphatic carbocycles. The average Bonchev–Trinajstić information content (AvgIpc) is 2.87. The molecule has 1 saturated heterocycles. The van der Waals surface area contributed by atoms with Gasteiger partial charge in [0.2, 0.25) is 11.8 Å². The number of nitrogens with one attached hydrogen (secondary N) is 1. The molecule has 0 radical (unpaired) electrons. The van der Waals surface area contributed by atoms with Crippen LogP contribution < -0.4 is 5.32 Å². The molecule has 6 nitrogen and oxygen atoms in total. The van der Waals surface area contributed by atoms with Crippen LogP contribution in [0.4, 0.5) is 10.1 Å². The van der Waals surface area contributed by atoms with Gasteiger partial charge in [-0.3, -0.25) is 14.5 Å². The second kappa shape index (κ2) is 10.5. The SMILES string of the molecule is CC(=O)Nc1ccc(CN2CC(=O)N(C(C)C)CC(OCc3ccc(F)cc3)C2)cc1. The van der Waals surface area contributed by atoms with E-state index < -0.39 is 0 Å². The van der Waals surface area contributed by atoms with Gasteiger partial charge in [0.25, 0.3) is 0 Å². The molecule has 2 amide bonds. The van der Waals surface area contributed by atoms with Gasteiger partial charge >= 0.3 is 0 Å². The standard InChI is InChI=1S/C24H30FN3O3/c1-17(2)28-14-23(31-16-20-4-8-21(25)9-5-20)13-27(15-24(28)30)12-19-6-10-22(11-7-19)26-18(3)29/h4-11,17,23H,12-16H2,1-3H3,(H,26,29). The molecular formula is C24H30FN3O3. The smallest absolute Gasteiger partial charge is 0.237 e. The summed E-state index contributed by atoms with van der Waals surface area (Å²) in [7, 11) is 0. The third-order valence-corrected chi connectivity index (χ3v) is 5.24. The van der Waals surface area contributed by atoms with Gasteiger partial charge in [-0.1, -0.05) is 24.3 Å². The lowest BCUT2D eigenvalue weighted by Crippen LogP contribution is -2.42. The van der Waals surface area contributed by atoms with Gasteiger partial charge in [-0.15, -0.1) is 0 Å². The van der Waals surface area contributed by atoms with E-state index in [4.69, 9.17) is 4.74 Å². The fourth-order valence-electron chi connectivity index (χ4n) is 3.69. The summed E-state index contributed by atoms with van der Waals surface area (Å²) in [5.74, 6) is -0.302. The van der Waals surface area contributed by atoms with Crippen molar-refractivity contribution >= 4 is 17.5 Å². The van der Waals surface area contributed by atoms with E-state index in [1.165, 1.54) is 19.1 Å². The third kappa shape index (κ3) is 6.87. The molecule has 0 spiro atoms.